The van der Waals surface area contributed by atoms with E-state index < -0.39 is 5.97 Å². The maximum Gasteiger partial charge on any atom is 0.306 e. The number of anilines is 1. The number of hydrogen-bond acceptors (Lipinski definition) is 7. The maximum absolute atomic E-state index is 12.6. The van der Waals surface area contributed by atoms with Gasteiger partial charge in [-0.15, -0.1) is 10.2 Å². The number of aromatic nitrogens is 2. The number of carbonyl (C=O) groups excluding carboxylic acids is 2. The standard InChI is InChI=1S/C25H25N3O5S/c29-21(16-4-2-1-3-5-16)14-15-22-27-28-25(34-22)26-23(30)17-6-10-19(11-7-17)33-20-12-8-18(9-13-20)24(31)32/h1-7,10-11,18,20H,8-9,12-15H2,(H,31,32)(H,26,28,30). The molecule has 1 aromatic heterocycles. The fourth-order valence-corrected chi connectivity index (χ4v) is 4.60. The molecule has 1 saturated carbocycles. The molecule has 9 heteroatoms. The van der Waals surface area contributed by atoms with Crippen molar-refractivity contribution in [1.29, 1.82) is 0 Å². The molecule has 176 valence electrons. The predicted molar refractivity (Wildman–Crippen MR) is 127 cm³/mol. The Morgan fingerprint density at radius 3 is 2.32 bits per heavy atom. The van der Waals surface area contributed by atoms with Gasteiger partial charge in [0.05, 0.1) is 12.0 Å². The number of amides is 1. The SMILES string of the molecule is O=C(CCc1nnc(NC(=O)c2ccc(OC3CCC(C(=O)O)CC3)cc2)s1)c1ccccc1. The normalized spacial score (nSPS) is 17.6. The summed E-state index contributed by atoms with van der Waals surface area (Å²) in [6.07, 6.45) is 3.41. The summed E-state index contributed by atoms with van der Waals surface area (Å²) in [4.78, 5) is 35.9. The van der Waals surface area contributed by atoms with E-state index in [1.807, 2.05) is 18.2 Å². The van der Waals surface area contributed by atoms with E-state index >= 15 is 0 Å². The zero-order valence-corrected chi connectivity index (χ0v) is 19.3. The highest BCUT2D eigenvalue weighted by atomic mass is 32.1. The van der Waals surface area contributed by atoms with Gasteiger partial charge in [0.25, 0.3) is 5.91 Å². The van der Waals surface area contributed by atoms with E-state index in [4.69, 9.17) is 9.84 Å². The Hall–Kier alpha value is -3.59. The van der Waals surface area contributed by atoms with Gasteiger partial charge in [0, 0.05) is 24.0 Å². The number of nitrogens with zero attached hydrogens (tertiary/aromatic N) is 2. The molecule has 34 heavy (non-hydrogen) atoms. The number of ketones is 1. The van der Waals surface area contributed by atoms with E-state index in [-0.39, 0.29) is 23.7 Å². The van der Waals surface area contributed by atoms with E-state index in [1.54, 1.807) is 36.4 Å². The molecule has 0 aliphatic heterocycles. The molecular formula is C25H25N3O5S. The van der Waals surface area contributed by atoms with Gasteiger partial charge in [0.15, 0.2) is 5.78 Å². The summed E-state index contributed by atoms with van der Waals surface area (Å²) in [5.74, 6) is -0.639. The average Bonchev–Trinajstić information content (AvgIpc) is 3.31. The first-order valence-corrected chi connectivity index (χ1v) is 12.0. The molecule has 8 nitrogen and oxygen atoms in total. The van der Waals surface area contributed by atoms with Crippen molar-refractivity contribution >= 4 is 34.1 Å². The van der Waals surface area contributed by atoms with Crippen molar-refractivity contribution in [2.75, 3.05) is 5.32 Å². The first kappa shape index (κ1) is 23.6. The van der Waals surface area contributed by atoms with Crippen LogP contribution < -0.4 is 10.1 Å². The molecule has 2 N–H and O–H groups in total. The van der Waals surface area contributed by atoms with Gasteiger partial charge in [0.2, 0.25) is 5.13 Å². The molecule has 3 aromatic rings. The zero-order valence-electron chi connectivity index (χ0n) is 18.5. The molecule has 0 unspecified atom stereocenters. The number of carboxylic acids is 1. The number of nitrogens with one attached hydrogen (secondary N) is 1. The molecule has 4 rings (SSSR count). The molecule has 1 fully saturated rings. The quantitative estimate of drug-likeness (QED) is 0.430. The summed E-state index contributed by atoms with van der Waals surface area (Å²) < 4.78 is 5.95. The van der Waals surface area contributed by atoms with Gasteiger partial charge in [0.1, 0.15) is 10.8 Å². The molecular weight excluding hydrogens is 454 g/mol. The lowest BCUT2D eigenvalue weighted by atomic mass is 9.87. The third kappa shape index (κ3) is 6.26. The van der Waals surface area contributed by atoms with Gasteiger partial charge in [-0.25, -0.2) is 0 Å². The van der Waals surface area contributed by atoms with Crippen LogP contribution in [0.5, 0.6) is 5.75 Å². The van der Waals surface area contributed by atoms with Crippen molar-refractivity contribution in [3.8, 4) is 5.75 Å². The number of ether oxygens (including phenoxy) is 1. The van der Waals surface area contributed by atoms with Crippen LogP contribution in [0.1, 0.15) is 57.8 Å². The van der Waals surface area contributed by atoms with Crippen molar-refractivity contribution in [2.24, 2.45) is 5.92 Å². The van der Waals surface area contributed by atoms with Gasteiger partial charge in [-0.3, -0.25) is 19.7 Å². The number of aliphatic carboxylic acids is 1. The summed E-state index contributed by atoms with van der Waals surface area (Å²) in [7, 11) is 0. The average molecular weight is 480 g/mol. The summed E-state index contributed by atoms with van der Waals surface area (Å²) in [5, 5.41) is 21.0. The summed E-state index contributed by atoms with van der Waals surface area (Å²) in [6.45, 7) is 0. The van der Waals surface area contributed by atoms with Crippen molar-refractivity contribution in [2.45, 2.75) is 44.6 Å². The third-order valence-electron chi connectivity index (χ3n) is 5.79. The highest BCUT2D eigenvalue weighted by Gasteiger charge is 2.27. The Bertz CT molecular complexity index is 1140. The number of aryl methyl sites for hydroxylation is 1. The van der Waals surface area contributed by atoms with E-state index in [0.717, 1.165) is 0 Å². The van der Waals surface area contributed by atoms with E-state index in [0.29, 0.717) is 65.5 Å². The van der Waals surface area contributed by atoms with Crippen LogP contribution in [0, 0.1) is 5.92 Å². The summed E-state index contributed by atoms with van der Waals surface area (Å²) >= 11 is 1.25. The smallest absolute Gasteiger partial charge is 0.306 e. The van der Waals surface area contributed by atoms with Crippen LogP contribution in [0.4, 0.5) is 5.13 Å². The minimum absolute atomic E-state index is 0.0103. The van der Waals surface area contributed by atoms with Gasteiger partial charge >= 0.3 is 5.97 Å². The highest BCUT2D eigenvalue weighted by Crippen LogP contribution is 2.28. The van der Waals surface area contributed by atoms with Crippen molar-refractivity contribution in [1.82, 2.24) is 10.2 Å². The molecule has 0 saturated heterocycles. The molecule has 1 aliphatic carbocycles. The van der Waals surface area contributed by atoms with Crippen LogP contribution in [0.2, 0.25) is 0 Å². The second kappa shape index (κ2) is 11.0. The molecule has 0 radical (unpaired) electrons. The number of carbonyl (C=O) groups is 3. The Morgan fingerprint density at radius 1 is 0.941 bits per heavy atom. The molecule has 1 amide bonds. The summed E-state index contributed by atoms with van der Waals surface area (Å²) in [5.41, 5.74) is 1.12. The molecule has 0 bridgehead atoms. The number of carboxylic acid groups (broad SMARTS) is 1. The van der Waals surface area contributed by atoms with Crippen LogP contribution in [0.15, 0.2) is 54.6 Å². The first-order chi connectivity index (χ1) is 16.5. The van der Waals surface area contributed by atoms with Crippen LogP contribution >= 0.6 is 11.3 Å². The Balaban J connectivity index is 1.25. The van der Waals surface area contributed by atoms with Crippen LogP contribution in [0.25, 0.3) is 0 Å². The molecule has 1 aliphatic rings. The van der Waals surface area contributed by atoms with Crippen LogP contribution in [-0.2, 0) is 11.2 Å². The van der Waals surface area contributed by atoms with Crippen molar-refractivity contribution < 1.29 is 24.2 Å². The van der Waals surface area contributed by atoms with E-state index in [1.165, 1.54) is 11.3 Å². The maximum atomic E-state index is 12.6. The summed E-state index contributed by atoms with van der Waals surface area (Å²) in [6, 6.07) is 15.9. The third-order valence-corrected chi connectivity index (χ3v) is 6.69. The van der Waals surface area contributed by atoms with Crippen LogP contribution in [-0.4, -0.2) is 39.1 Å². The first-order valence-electron chi connectivity index (χ1n) is 11.2. The zero-order chi connectivity index (χ0) is 23.9. The Labute approximate surface area is 201 Å². The second-order valence-corrected chi connectivity index (χ2v) is 9.26. The minimum atomic E-state index is -0.739. The van der Waals surface area contributed by atoms with Gasteiger partial charge in [-0.2, -0.15) is 0 Å². The largest absolute Gasteiger partial charge is 0.490 e. The monoisotopic (exact) mass is 479 g/mol. The lowest BCUT2D eigenvalue weighted by Gasteiger charge is -2.26. The molecule has 1 heterocycles. The Kier molecular flexibility index (Phi) is 7.64. The molecule has 0 spiro atoms. The Morgan fingerprint density at radius 2 is 1.65 bits per heavy atom. The molecule has 0 atom stereocenters. The van der Waals surface area contributed by atoms with E-state index in [2.05, 4.69) is 15.5 Å². The van der Waals surface area contributed by atoms with Gasteiger partial charge < -0.3 is 9.84 Å². The molecule has 2 aromatic carbocycles. The topological polar surface area (TPSA) is 118 Å². The lowest BCUT2D eigenvalue weighted by Crippen LogP contribution is -2.27. The highest BCUT2D eigenvalue weighted by molar-refractivity contribution is 7.15. The fraction of sp³-hybridized carbons (Fsp3) is 0.320. The number of rotatable bonds is 9. The van der Waals surface area contributed by atoms with Crippen molar-refractivity contribution in [3.05, 3.63) is 70.7 Å². The van der Waals surface area contributed by atoms with E-state index in [9.17, 15) is 14.4 Å². The van der Waals surface area contributed by atoms with Crippen molar-refractivity contribution in [3.63, 3.8) is 0 Å². The van der Waals surface area contributed by atoms with Gasteiger partial charge in [-0.1, -0.05) is 41.7 Å². The number of benzene rings is 2. The predicted octanol–water partition coefficient (Wildman–Crippen LogP) is 4.63. The van der Waals surface area contributed by atoms with Gasteiger partial charge in [-0.05, 0) is 49.9 Å². The minimum Gasteiger partial charge on any atom is -0.490 e. The number of hydrogen-bond donors (Lipinski definition) is 2. The second-order valence-electron chi connectivity index (χ2n) is 8.20. The van der Waals surface area contributed by atoms with Crippen LogP contribution in [0.3, 0.4) is 0 Å². The number of Topliss-reactive ketones (excluding diaryl/α,β-unsaturated/α-hetero) is 1. The lowest BCUT2D eigenvalue weighted by molar-refractivity contribution is -0.143. The fourth-order valence-electron chi connectivity index (χ4n) is 3.87.